The number of thioether (sulfide) groups is 1. The lowest BCUT2D eigenvalue weighted by molar-refractivity contribution is -0.114. The van der Waals surface area contributed by atoms with Crippen LogP contribution in [-0.4, -0.2) is 41.3 Å². The van der Waals surface area contributed by atoms with E-state index in [1.54, 1.807) is 23.9 Å². The number of ether oxygens (including phenoxy) is 2. The number of anilines is 2. The second kappa shape index (κ2) is 11.3. The van der Waals surface area contributed by atoms with Crippen LogP contribution in [0.25, 0.3) is 0 Å². The summed E-state index contributed by atoms with van der Waals surface area (Å²) in [6.07, 6.45) is 1.05. The molecule has 0 unspecified atom stereocenters. The molecule has 0 aliphatic rings. The van der Waals surface area contributed by atoms with Crippen LogP contribution in [0.1, 0.15) is 11.1 Å². The summed E-state index contributed by atoms with van der Waals surface area (Å²) in [4.78, 5) is 14.0. The first kappa shape index (κ1) is 25.5. The highest BCUT2D eigenvalue weighted by Crippen LogP contribution is 2.34. The van der Waals surface area contributed by atoms with Crippen LogP contribution in [-0.2, 0) is 20.6 Å². The summed E-state index contributed by atoms with van der Waals surface area (Å²) in [5.74, 6) is 1.10. The van der Waals surface area contributed by atoms with Gasteiger partial charge >= 0.3 is 0 Å². The van der Waals surface area contributed by atoms with Crippen molar-refractivity contribution >= 4 is 39.1 Å². The molecule has 0 aromatic heterocycles. The van der Waals surface area contributed by atoms with Crippen LogP contribution in [0.15, 0.2) is 71.6 Å². The van der Waals surface area contributed by atoms with Gasteiger partial charge < -0.3 is 14.8 Å². The van der Waals surface area contributed by atoms with E-state index < -0.39 is 22.5 Å². The Balaban J connectivity index is 1.74. The summed E-state index contributed by atoms with van der Waals surface area (Å²) in [5, 5.41) is 2.83. The average Bonchev–Trinajstić information content (AvgIpc) is 2.82. The number of hydrogen-bond acceptors (Lipinski definition) is 6. The molecule has 9 heteroatoms. The van der Waals surface area contributed by atoms with Crippen molar-refractivity contribution in [2.45, 2.75) is 17.6 Å². The molecule has 180 valence electrons. The zero-order valence-corrected chi connectivity index (χ0v) is 21.2. The van der Waals surface area contributed by atoms with E-state index in [0.717, 1.165) is 27.4 Å². The van der Waals surface area contributed by atoms with Gasteiger partial charge in [0.2, 0.25) is 15.9 Å². The normalized spacial score (nSPS) is 11.1. The van der Waals surface area contributed by atoms with Crippen molar-refractivity contribution in [3.63, 3.8) is 0 Å². The minimum atomic E-state index is -3.78. The lowest BCUT2D eigenvalue weighted by Gasteiger charge is -2.24. The number of carbonyl (C=O) groups is 1. The van der Waals surface area contributed by atoms with E-state index in [1.807, 2.05) is 43.3 Å². The molecule has 0 aliphatic carbocycles. The number of hydrogen-bond donors (Lipinski definition) is 1. The van der Waals surface area contributed by atoms with Gasteiger partial charge in [0, 0.05) is 22.4 Å². The molecule has 0 radical (unpaired) electrons. The monoisotopic (exact) mass is 500 g/mol. The number of nitrogens with one attached hydrogen (secondary N) is 1. The van der Waals surface area contributed by atoms with E-state index in [1.165, 1.54) is 25.2 Å². The molecule has 7 nitrogen and oxygen atoms in total. The molecular formula is C25H28N2O5S2. The Hall–Kier alpha value is -3.17. The van der Waals surface area contributed by atoms with Gasteiger partial charge in [0.1, 0.15) is 18.0 Å². The minimum absolute atomic E-state index is 0.226. The van der Waals surface area contributed by atoms with Crippen molar-refractivity contribution in [1.29, 1.82) is 0 Å². The van der Waals surface area contributed by atoms with Crippen LogP contribution in [0, 0.1) is 6.92 Å². The number of methoxy groups -OCH3 is 2. The van der Waals surface area contributed by atoms with Gasteiger partial charge in [-0.2, -0.15) is 0 Å². The van der Waals surface area contributed by atoms with Crippen molar-refractivity contribution in [3.8, 4) is 11.5 Å². The zero-order valence-electron chi connectivity index (χ0n) is 19.6. The number of nitrogens with zero attached hydrogens (tertiary/aromatic N) is 1. The van der Waals surface area contributed by atoms with E-state index in [2.05, 4.69) is 17.4 Å². The molecular weight excluding hydrogens is 472 g/mol. The summed E-state index contributed by atoms with van der Waals surface area (Å²) >= 11 is 1.73. The third-order valence-corrected chi connectivity index (χ3v) is 7.27. The van der Waals surface area contributed by atoms with Gasteiger partial charge in [-0.1, -0.05) is 30.3 Å². The Bertz CT molecular complexity index is 1250. The molecule has 3 aromatic carbocycles. The molecule has 0 saturated heterocycles. The quantitative estimate of drug-likeness (QED) is 0.406. The molecule has 34 heavy (non-hydrogen) atoms. The summed E-state index contributed by atoms with van der Waals surface area (Å²) in [6, 6.07) is 20.7. The van der Waals surface area contributed by atoms with Crippen molar-refractivity contribution in [3.05, 3.63) is 77.9 Å². The van der Waals surface area contributed by atoms with E-state index >= 15 is 0 Å². The highest BCUT2D eigenvalue weighted by Gasteiger charge is 2.25. The Morgan fingerprint density at radius 2 is 1.74 bits per heavy atom. The van der Waals surface area contributed by atoms with Gasteiger partial charge in [0.05, 0.1) is 26.2 Å². The van der Waals surface area contributed by atoms with Crippen molar-refractivity contribution in [2.24, 2.45) is 0 Å². The first-order valence-corrected chi connectivity index (χ1v) is 13.3. The topological polar surface area (TPSA) is 84.9 Å². The van der Waals surface area contributed by atoms with Gasteiger partial charge in [0.25, 0.3) is 0 Å². The number of benzene rings is 3. The standard InChI is InChI=1S/C25H28N2O5S2/c1-18-14-19(17-33-21-8-6-5-7-9-21)10-12-22(18)26-25(28)16-27(34(4,29)30)23-15-20(31-2)11-13-24(23)32-3/h5-15H,16-17H2,1-4H3,(H,26,28). The zero-order chi connectivity index (χ0) is 24.7. The molecule has 0 heterocycles. The van der Waals surface area contributed by atoms with Crippen LogP contribution in [0.2, 0.25) is 0 Å². The second-order valence-corrected chi connectivity index (χ2v) is 10.6. The summed E-state index contributed by atoms with van der Waals surface area (Å²) in [6.45, 7) is 1.50. The Morgan fingerprint density at radius 1 is 1.00 bits per heavy atom. The lowest BCUT2D eigenvalue weighted by atomic mass is 10.1. The Morgan fingerprint density at radius 3 is 2.35 bits per heavy atom. The predicted octanol–water partition coefficient (Wildman–Crippen LogP) is 4.71. The van der Waals surface area contributed by atoms with Crippen molar-refractivity contribution in [2.75, 3.05) is 36.6 Å². The van der Waals surface area contributed by atoms with Crippen LogP contribution in [0.4, 0.5) is 11.4 Å². The molecule has 3 aromatic rings. The van der Waals surface area contributed by atoms with Crippen LogP contribution in [0.5, 0.6) is 11.5 Å². The molecule has 0 spiro atoms. The van der Waals surface area contributed by atoms with Gasteiger partial charge in [-0.05, 0) is 48.4 Å². The fraction of sp³-hybridized carbons (Fsp3) is 0.240. The highest BCUT2D eigenvalue weighted by molar-refractivity contribution is 7.98. The second-order valence-electron chi connectivity index (χ2n) is 7.61. The molecule has 1 amide bonds. The molecule has 0 bridgehead atoms. The van der Waals surface area contributed by atoms with Gasteiger partial charge in [-0.3, -0.25) is 9.10 Å². The van der Waals surface area contributed by atoms with Crippen molar-refractivity contribution < 1.29 is 22.7 Å². The number of rotatable bonds is 10. The molecule has 0 atom stereocenters. The summed E-state index contributed by atoms with van der Waals surface area (Å²) in [5.41, 5.74) is 2.88. The third-order valence-electron chi connectivity index (χ3n) is 5.06. The lowest BCUT2D eigenvalue weighted by Crippen LogP contribution is -2.37. The Kier molecular flexibility index (Phi) is 8.46. The fourth-order valence-electron chi connectivity index (χ4n) is 3.33. The SMILES string of the molecule is COc1ccc(OC)c(N(CC(=O)Nc2ccc(CSc3ccccc3)cc2C)S(C)(=O)=O)c1. The van der Waals surface area contributed by atoms with Crippen LogP contribution in [0.3, 0.4) is 0 Å². The maximum Gasteiger partial charge on any atom is 0.245 e. The van der Waals surface area contributed by atoms with E-state index in [9.17, 15) is 13.2 Å². The van der Waals surface area contributed by atoms with Crippen molar-refractivity contribution in [1.82, 2.24) is 0 Å². The van der Waals surface area contributed by atoms with Crippen LogP contribution < -0.4 is 19.1 Å². The smallest absolute Gasteiger partial charge is 0.245 e. The molecule has 0 saturated carbocycles. The Labute approximate surface area is 205 Å². The minimum Gasteiger partial charge on any atom is -0.497 e. The summed E-state index contributed by atoms with van der Waals surface area (Å²) < 4.78 is 36.6. The van der Waals surface area contributed by atoms with E-state index in [4.69, 9.17) is 9.47 Å². The molecule has 3 rings (SSSR count). The van der Waals surface area contributed by atoms with Gasteiger partial charge in [-0.25, -0.2) is 8.42 Å². The fourth-order valence-corrected chi connectivity index (χ4v) is 5.05. The maximum atomic E-state index is 12.9. The molecule has 0 aliphatic heterocycles. The number of aryl methyl sites for hydroxylation is 1. The summed E-state index contributed by atoms with van der Waals surface area (Å²) in [7, 11) is -0.862. The van der Waals surface area contributed by atoms with Gasteiger partial charge in [-0.15, -0.1) is 11.8 Å². The maximum absolute atomic E-state index is 12.9. The average molecular weight is 501 g/mol. The first-order valence-electron chi connectivity index (χ1n) is 10.5. The first-order chi connectivity index (χ1) is 16.2. The van der Waals surface area contributed by atoms with Crippen LogP contribution >= 0.6 is 11.8 Å². The number of sulfonamides is 1. The molecule has 0 fully saturated rings. The largest absolute Gasteiger partial charge is 0.497 e. The number of amides is 1. The third kappa shape index (κ3) is 6.68. The predicted molar refractivity (Wildman–Crippen MR) is 138 cm³/mol. The number of carbonyl (C=O) groups excluding carboxylic acids is 1. The van der Waals surface area contributed by atoms with E-state index in [0.29, 0.717) is 17.2 Å². The van der Waals surface area contributed by atoms with Gasteiger partial charge in [0.15, 0.2) is 0 Å². The highest BCUT2D eigenvalue weighted by atomic mass is 32.2. The molecule has 1 N–H and O–H groups in total. The van der Waals surface area contributed by atoms with E-state index in [-0.39, 0.29) is 5.69 Å².